The fraction of sp³-hybridized carbons (Fsp3) is 0.800. The quantitative estimate of drug-likeness (QED) is 0.564. The number of hydrogen-bond donors (Lipinski definition) is 1. The fourth-order valence-electron chi connectivity index (χ4n) is 1.74. The molecule has 1 saturated carbocycles. The molecule has 0 spiro atoms. The van der Waals surface area contributed by atoms with Crippen LogP contribution in [0.4, 0.5) is 4.79 Å². The molecule has 1 aliphatic rings. The molecule has 0 aromatic rings. The van der Waals surface area contributed by atoms with Crippen molar-refractivity contribution in [2.24, 2.45) is 11.7 Å². The summed E-state index contributed by atoms with van der Waals surface area (Å²) in [5.74, 6) is -0.143. The van der Waals surface area contributed by atoms with Crippen LogP contribution in [0.25, 0.3) is 0 Å². The van der Waals surface area contributed by atoms with Crippen LogP contribution in [0, 0.1) is 5.92 Å². The van der Waals surface area contributed by atoms with Crippen molar-refractivity contribution in [1.29, 1.82) is 0 Å². The Balaban J connectivity index is 2.09. The van der Waals surface area contributed by atoms with Gasteiger partial charge in [-0.3, -0.25) is 4.79 Å². The standard InChI is InChI=1S/C10H17NO4/c11-10(13)15-7-6-14-9(12)8-4-2-1-3-5-8/h8H,1-7H2,(H2,11,13). The molecule has 1 rings (SSSR count). The molecule has 1 aliphatic carbocycles. The Morgan fingerprint density at radius 3 is 2.27 bits per heavy atom. The van der Waals surface area contributed by atoms with Crippen LogP contribution in [0.15, 0.2) is 0 Å². The van der Waals surface area contributed by atoms with Crippen LogP contribution in [-0.2, 0) is 14.3 Å². The number of carbonyl (C=O) groups is 2. The highest BCUT2D eigenvalue weighted by Gasteiger charge is 2.22. The van der Waals surface area contributed by atoms with Crippen molar-refractivity contribution in [3.8, 4) is 0 Å². The van der Waals surface area contributed by atoms with E-state index in [2.05, 4.69) is 4.74 Å². The average molecular weight is 215 g/mol. The van der Waals surface area contributed by atoms with Gasteiger partial charge in [-0.15, -0.1) is 0 Å². The van der Waals surface area contributed by atoms with Gasteiger partial charge in [-0.1, -0.05) is 19.3 Å². The maximum absolute atomic E-state index is 11.4. The first-order valence-electron chi connectivity index (χ1n) is 5.29. The second kappa shape index (κ2) is 6.27. The Bertz CT molecular complexity index is 223. The molecule has 86 valence electrons. The van der Waals surface area contributed by atoms with Gasteiger partial charge >= 0.3 is 12.1 Å². The Hall–Kier alpha value is -1.26. The summed E-state index contributed by atoms with van der Waals surface area (Å²) in [4.78, 5) is 21.7. The predicted molar refractivity (Wildman–Crippen MR) is 53.1 cm³/mol. The summed E-state index contributed by atoms with van der Waals surface area (Å²) in [6, 6.07) is 0. The molecule has 0 unspecified atom stereocenters. The molecule has 0 atom stereocenters. The summed E-state index contributed by atoms with van der Waals surface area (Å²) in [7, 11) is 0. The average Bonchev–Trinajstić information content (AvgIpc) is 2.25. The van der Waals surface area contributed by atoms with Crippen LogP contribution in [0.5, 0.6) is 0 Å². The van der Waals surface area contributed by atoms with Crippen molar-refractivity contribution in [2.45, 2.75) is 32.1 Å². The molecular formula is C10H17NO4. The zero-order valence-corrected chi connectivity index (χ0v) is 8.74. The first-order chi connectivity index (χ1) is 7.20. The topological polar surface area (TPSA) is 78.6 Å². The van der Waals surface area contributed by atoms with E-state index in [4.69, 9.17) is 10.5 Å². The van der Waals surface area contributed by atoms with Crippen LogP contribution in [0.1, 0.15) is 32.1 Å². The predicted octanol–water partition coefficient (Wildman–Crippen LogP) is 1.21. The molecule has 0 saturated heterocycles. The summed E-state index contributed by atoms with van der Waals surface area (Å²) < 4.78 is 9.40. The van der Waals surface area contributed by atoms with E-state index in [0.717, 1.165) is 25.7 Å². The van der Waals surface area contributed by atoms with Gasteiger partial charge in [-0.2, -0.15) is 0 Å². The Morgan fingerprint density at radius 1 is 1.07 bits per heavy atom. The second-order valence-electron chi connectivity index (χ2n) is 3.67. The zero-order chi connectivity index (χ0) is 11.1. The first-order valence-corrected chi connectivity index (χ1v) is 5.29. The van der Waals surface area contributed by atoms with Crippen LogP contribution in [0.2, 0.25) is 0 Å². The van der Waals surface area contributed by atoms with E-state index in [1.807, 2.05) is 0 Å². The number of ether oxygens (including phenoxy) is 2. The zero-order valence-electron chi connectivity index (χ0n) is 8.74. The lowest BCUT2D eigenvalue weighted by atomic mass is 9.89. The molecular weight excluding hydrogens is 198 g/mol. The molecule has 0 radical (unpaired) electrons. The molecule has 5 heteroatoms. The third-order valence-electron chi connectivity index (χ3n) is 2.51. The van der Waals surface area contributed by atoms with Crippen LogP contribution < -0.4 is 5.73 Å². The summed E-state index contributed by atoms with van der Waals surface area (Å²) >= 11 is 0. The normalized spacial score (nSPS) is 17.1. The molecule has 0 bridgehead atoms. The van der Waals surface area contributed by atoms with Gasteiger partial charge in [0.15, 0.2) is 0 Å². The third-order valence-corrected chi connectivity index (χ3v) is 2.51. The number of amides is 1. The number of nitrogens with two attached hydrogens (primary N) is 1. The van der Waals surface area contributed by atoms with Gasteiger partial charge in [-0.25, -0.2) is 4.79 Å². The van der Waals surface area contributed by atoms with Crippen molar-refractivity contribution in [3.63, 3.8) is 0 Å². The van der Waals surface area contributed by atoms with E-state index in [0.29, 0.717) is 0 Å². The van der Waals surface area contributed by atoms with Crippen molar-refractivity contribution in [1.82, 2.24) is 0 Å². The minimum absolute atomic E-state index is 0.0346. The van der Waals surface area contributed by atoms with Crippen LogP contribution in [0.3, 0.4) is 0 Å². The van der Waals surface area contributed by atoms with E-state index < -0.39 is 6.09 Å². The summed E-state index contributed by atoms with van der Waals surface area (Å²) in [5, 5.41) is 0. The lowest BCUT2D eigenvalue weighted by molar-refractivity contribution is -0.150. The Labute approximate surface area is 88.9 Å². The number of esters is 1. The van der Waals surface area contributed by atoms with Gasteiger partial charge in [0.05, 0.1) is 5.92 Å². The molecule has 5 nitrogen and oxygen atoms in total. The monoisotopic (exact) mass is 215 g/mol. The lowest BCUT2D eigenvalue weighted by Crippen LogP contribution is -2.23. The van der Waals surface area contributed by atoms with Crippen molar-refractivity contribution in [3.05, 3.63) is 0 Å². The number of hydrogen-bond acceptors (Lipinski definition) is 4. The highest BCUT2D eigenvalue weighted by atomic mass is 16.6. The van der Waals surface area contributed by atoms with Gasteiger partial charge < -0.3 is 15.2 Å². The SMILES string of the molecule is NC(=O)OCCOC(=O)C1CCCCC1. The van der Waals surface area contributed by atoms with Gasteiger partial charge in [0, 0.05) is 0 Å². The van der Waals surface area contributed by atoms with E-state index in [1.165, 1.54) is 6.42 Å². The van der Waals surface area contributed by atoms with E-state index in [1.54, 1.807) is 0 Å². The van der Waals surface area contributed by atoms with E-state index in [9.17, 15) is 9.59 Å². The lowest BCUT2D eigenvalue weighted by Gasteiger charge is -2.19. The van der Waals surface area contributed by atoms with Crippen molar-refractivity contribution < 1.29 is 19.1 Å². The number of primary amides is 1. The number of carbonyl (C=O) groups excluding carboxylic acids is 2. The fourth-order valence-corrected chi connectivity index (χ4v) is 1.74. The highest BCUT2D eigenvalue weighted by molar-refractivity contribution is 5.72. The molecule has 15 heavy (non-hydrogen) atoms. The largest absolute Gasteiger partial charge is 0.462 e. The van der Waals surface area contributed by atoms with Crippen molar-refractivity contribution >= 4 is 12.1 Å². The highest BCUT2D eigenvalue weighted by Crippen LogP contribution is 2.24. The van der Waals surface area contributed by atoms with Crippen LogP contribution >= 0.6 is 0 Å². The first kappa shape index (κ1) is 11.8. The van der Waals surface area contributed by atoms with Gasteiger partial charge in [0.2, 0.25) is 0 Å². The molecule has 0 aliphatic heterocycles. The Kier molecular flexibility index (Phi) is 4.93. The molecule has 0 aromatic carbocycles. The summed E-state index contributed by atoms with van der Waals surface area (Å²) in [6.07, 6.45) is 4.37. The van der Waals surface area contributed by atoms with E-state index in [-0.39, 0.29) is 25.1 Å². The Morgan fingerprint density at radius 2 is 1.67 bits per heavy atom. The maximum atomic E-state index is 11.4. The van der Waals surface area contributed by atoms with Crippen molar-refractivity contribution in [2.75, 3.05) is 13.2 Å². The molecule has 1 fully saturated rings. The summed E-state index contributed by atoms with van der Waals surface area (Å²) in [6.45, 7) is 0.131. The van der Waals surface area contributed by atoms with E-state index >= 15 is 0 Å². The second-order valence-corrected chi connectivity index (χ2v) is 3.67. The third kappa shape index (κ3) is 4.67. The molecule has 1 amide bonds. The smallest absolute Gasteiger partial charge is 0.404 e. The van der Waals surface area contributed by atoms with Gasteiger partial charge in [-0.05, 0) is 12.8 Å². The van der Waals surface area contributed by atoms with Gasteiger partial charge in [0.1, 0.15) is 13.2 Å². The van der Waals surface area contributed by atoms with Gasteiger partial charge in [0.25, 0.3) is 0 Å². The molecule has 0 heterocycles. The maximum Gasteiger partial charge on any atom is 0.404 e. The molecule has 2 N–H and O–H groups in total. The minimum Gasteiger partial charge on any atom is -0.462 e. The minimum atomic E-state index is -0.844. The number of rotatable bonds is 4. The summed E-state index contributed by atoms with van der Waals surface area (Å²) in [5.41, 5.74) is 4.75. The van der Waals surface area contributed by atoms with Crippen LogP contribution in [-0.4, -0.2) is 25.3 Å². The molecule has 0 aromatic heterocycles.